The van der Waals surface area contributed by atoms with Crippen molar-refractivity contribution in [3.63, 3.8) is 0 Å². The van der Waals surface area contributed by atoms with E-state index in [2.05, 4.69) is 21.0 Å². The first-order valence-electron chi connectivity index (χ1n) is 7.96. The molecule has 0 N–H and O–H groups in total. The molecule has 0 aromatic heterocycles. The number of amides is 1. The van der Waals surface area contributed by atoms with Crippen LogP contribution in [0.2, 0.25) is 0 Å². The Kier molecular flexibility index (Phi) is 5.58. The molecule has 1 heterocycles. The molecular weight excluding hydrogens is 400 g/mol. The number of hydrogen-bond donors (Lipinski definition) is 0. The summed E-state index contributed by atoms with van der Waals surface area (Å²) in [6.45, 7) is -0.376. The number of Topliss-reactive ketones (excluding diaryl/α,β-unsaturated/α-hetero) is 1. The van der Waals surface area contributed by atoms with Crippen LogP contribution in [0, 0.1) is 0 Å². The lowest BCUT2D eigenvalue weighted by Gasteiger charge is -2.22. The zero-order chi connectivity index (χ0) is 18.5. The van der Waals surface area contributed by atoms with E-state index in [-0.39, 0.29) is 36.9 Å². The molecule has 0 saturated heterocycles. The second kappa shape index (κ2) is 8.05. The molecule has 26 heavy (non-hydrogen) atoms. The van der Waals surface area contributed by atoms with Crippen LogP contribution >= 0.6 is 15.9 Å². The minimum Gasteiger partial charge on any atom is -0.453 e. The highest BCUT2D eigenvalue weighted by atomic mass is 79.9. The van der Waals surface area contributed by atoms with E-state index in [9.17, 15) is 14.4 Å². The highest BCUT2D eigenvalue weighted by molar-refractivity contribution is 9.10. The molecule has 0 saturated carbocycles. The Hall–Kier alpha value is -2.80. The van der Waals surface area contributed by atoms with Gasteiger partial charge in [-0.2, -0.15) is 5.10 Å². The maximum atomic E-state index is 12.2. The number of esters is 1. The van der Waals surface area contributed by atoms with E-state index < -0.39 is 5.97 Å². The minimum absolute atomic E-state index is 0.122. The Labute approximate surface area is 158 Å². The van der Waals surface area contributed by atoms with Crippen molar-refractivity contribution in [2.24, 2.45) is 5.10 Å². The first-order valence-corrected chi connectivity index (χ1v) is 8.75. The van der Waals surface area contributed by atoms with Gasteiger partial charge in [-0.25, -0.2) is 9.80 Å². The second-order valence-corrected chi connectivity index (χ2v) is 6.51. The van der Waals surface area contributed by atoms with Crippen LogP contribution in [0.5, 0.6) is 0 Å². The van der Waals surface area contributed by atoms with Gasteiger partial charge < -0.3 is 4.74 Å². The standard InChI is InChI=1S/C19H15BrN2O4/c20-14-8-6-13(7-9-14)17(23)12-26-19(25)16-10-11-18(24)22(21-16)15-4-2-1-3-5-15/h1-9H,10-12H2. The number of benzene rings is 2. The van der Waals surface area contributed by atoms with Crippen molar-refractivity contribution in [3.05, 3.63) is 64.6 Å². The van der Waals surface area contributed by atoms with E-state index in [0.717, 1.165) is 4.47 Å². The average molecular weight is 415 g/mol. The third-order valence-electron chi connectivity index (χ3n) is 3.77. The largest absolute Gasteiger partial charge is 0.453 e. The number of hydrogen-bond acceptors (Lipinski definition) is 5. The highest BCUT2D eigenvalue weighted by Crippen LogP contribution is 2.20. The van der Waals surface area contributed by atoms with Crippen LogP contribution < -0.4 is 5.01 Å². The van der Waals surface area contributed by atoms with Crippen molar-refractivity contribution in [1.82, 2.24) is 0 Å². The molecule has 6 nitrogen and oxygen atoms in total. The summed E-state index contributed by atoms with van der Waals surface area (Å²) < 4.78 is 5.93. The molecule has 0 spiro atoms. The predicted molar refractivity (Wildman–Crippen MR) is 100 cm³/mol. The van der Waals surface area contributed by atoms with Crippen LogP contribution in [0.3, 0.4) is 0 Å². The number of nitrogens with zero attached hydrogens (tertiary/aromatic N) is 2. The first kappa shape index (κ1) is 18.0. The Morgan fingerprint density at radius 2 is 1.73 bits per heavy atom. The predicted octanol–water partition coefficient (Wildman–Crippen LogP) is 3.36. The topological polar surface area (TPSA) is 76.0 Å². The Bertz CT molecular complexity index is 863. The van der Waals surface area contributed by atoms with E-state index >= 15 is 0 Å². The fourth-order valence-corrected chi connectivity index (χ4v) is 2.67. The summed E-state index contributed by atoms with van der Waals surface area (Å²) in [7, 11) is 0. The van der Waals surface area contributed by atoms with Crippen molar-refractivity contribution in [3.8, 4) is 0 Å². The molecule has 0 fully saturated rings. The lowest BCUT2D eigenvalue weighted by Crippen LogP contribution is -2.35. The van der Waals surface area contributed by atoms with Crippen LogP contribution in [0.25, 0.3) is 0 Å². The summed E-state index contributed by atoms with van der Waals surface area (Å²) in [4.78, 5) is 36.4. The van der Waals surface area contributed by atoms with E-state index in [1.54, 1.807) is 48.5 Å². The molecule has 7 heteroatoms. The van der Waals surface area contributed by atoms with Gasteiger partial charge in [-0.05, 0) is 24.3 Å². The summed E-state index contributed by atoms with van der Waals surface area (Å²) in [5.41, 5.74) is 1.15. The van der Waals surface area contributed by atoms with Gasteiger partial charge in [0.05, 0.1) is 5.69 Å². The van der Waals surface area contributed by atoms with Crippen LogP contribution in [-0.4, -0.2) is 30.0 Å². The molecule has 0 aliphatic carbocycles. The lowest BCUT2D eigenvalue weighted by molar-refractivity contribution is -0.134. The Morgan fingerprint density at radius 1 is 1.04 bits per heavy atom. The van der Waals surface area contributed by atoms with Gasteiger partial charge in [-0.1, -0.05) is 46.3 Å². The van der Waals surface area contributed by atoms with Gasteiger partial charge in [-0.3, -0.25) is 9.59 Å². The molecule has 132 valence electrons. The van der Waals surface area contributed by atoms with E-state index in [1.807, 2.05) is 6.07 Å². The number of ketones is 1. The van der Waals surface area contributed by atoms with Crippen molar-refractivity contribution >= 4 is 45.0 Å². The first-order chi connectivity index (χ1) is 12.5. The maximum absolute atomic E-state index is 12.2. The number of halogens is 1. The van der Waals surface area contributed by atoms with Gasteiger partial charge in [0.15, 0.2) is 12.4 Å². The fraction of sp³-hybridized carbons (Fsp3) is 0.158. The van der Waals surface area contributed by atoms with Gasteiger partial charge >= 0.3 is 5.97 Å². The normalized spacial score (nSPS) is 14.0. The average Bonchev–Trinajstić information content (AvgIpc) is 2.67. The summed E-state index contributed by atoms with van der Waals surface area (Å²) in [6.07, 6.45) is 0.344. The van der Waals surface area contributed by atoms with Crippen molar-refractivity contribution in [2.45, 2.75) is 12.8 Å². The highest BCUT2D eigenvalue weighted by Gasteiger charge is 2.26. The number of hydrazone groups is 1. The summed E-state index contributed by atoms with van der Waals surface area (Å²) >= 11 is 3.29. The smallest absolute Gasteiger partial charge is 0.354 e. The number of ether oxygens (including phenoxy) is 1. The molecule has 3 rings (SSSR count). The number of carbonyl (C=O) groups excluding carboxylic acids is 3. The van der Waals surface area contributed by atoms with Crippen LogP contribution in [0.4, 0.5) is 5.69 Å². The van der Waals surface area contributed by atoms with E-state index in [0.29, 0.717) is 11.3 Å². The molecule has 0 radical (unpaired) electrons. The number of anilines is 1. The van der Waals surface area contributed by atoms with E-state index in [4.69, 9.17) is 4.74 Å². The summed E-state index contributed by atoms with van der Waals surface area (Å²) in [5.74, 6) is -1.19. The van der Waals surface area contributed by atoms with Crippen LogP contribution in [0.1, 0.15) is 23.2 Å². The van der Waals surface area contributed by atoms with Crippen molar-refractivity contribution in [2.75, 3.05) is 11.6 Å². The maximum Gasteiger partial charge on any atom is 0.354 e. The summed E-state index contributed by atoms with van der Waals surface area (Å²) in [6, 6.07) is 15.6. The molecule has 2 aromatic carbocycles. The van der Waals surface area contributed by atoms with Gasteiger partial charge in [-0.15, -0.1) is 0 Å². The zero-order valence-electron chi connectivity index (χ0n) is 13.7. The van der Waals surface area contributed by atoms with Gasteiger partial charge in [0.2, 0.25) is 5.91 Å². The quantitative estimate of drug-likeness (QED) is 0.555. The van der Waals surface area contributed by atoms with Crippen LogP contribution in [-0.2, 0) is 14.3 Å². The number of carbonyl (C=O) groups is 3. The molecule has 0 bridgehead atoms. The molecule has 1 amide bonds. The van der Waals surface area contributed by atoms with Gasteiger partial charge in [0, 0.05) is 22.9 Å². The Morgan fingerprint density at radius 3 is 2.42 bits per heavy atom. The Balaban J connectivity index is 1.66. The second-order valence-electron chi connectivity index (χ2n) is 5.59. The monoisotopic (exact) mass is 414 g/mol. The van der Waals surface area contributed by atoms with Gasteiger partial charge in [0.1, 0.15) is 5.71 Å². The fourth-order valence-electron chi connectivity index (χ4n) is 2.41. The van der Waals surface area contributed by atoms with Gasteiger partial charge in [0.25, 0.3) is 0 Å². The van der Waals surface area contributed by atoms with Crippen LogP contribution in [0.15, 0.2) is 64.2 Å². The SMILES string of the molecule is O=C(OCC(=O)c1ccc(Br)cc1)C1=NN(c2ccccc2)C(=O)CC1. The third kappa shape index (κ3) is 4.23. The van der Waals surface area contributed by atoms with Crippen molar-refractivity contribution in [1.29, 1.82) is 0 Å². The molecular formula is C19H15BrN2O4. The zero-order valence-corrected chi connectivity index (χ0v) is 15.3. The van der Waals surface area contributed by atoms with E-state index in [1.165, 1.54) is 5.01 Å². The number of para-hydroxylation sites is 1. The molecule has 0 unspecified atom stereocenters. The molecule has 1 aliphatic rings. The molecule has 2 aromatic rings. The minimum atomic E-state index is -0.691. The summed E-state index contributed by atoms with van der Waals surface area (Å²) in [5, 5.41) is 5.29. The molecule has 0 atom stereocenters. The number of rotatable bonds is 5. The third-order valence-corrected chi connectivity index (χ3v) is 4.30. The molecule has 1 aliphatic heterocycles. The van der Waals surface area contributed by atoms with Crippen molar-refractivity contribution < 1.29 is 19.1 Å². The lowest BCUT2D eigenvalue weighted by atomic mass is 10.1.